The molecule has 0 spiro atoms. The third-order valence-electron chi connectivity index (χ3n) is 3.54. The molecule has 0 rings (SSSR count). The van der Waals surface area contributed by atoms with E-state index in [1.54, 1.807) is 0 Å². The maximum absolute atomic E-state index is 6.01. The Labute approximate surface area is 192 Å². The maximum atomic E-state index is 6.01. The fraction of sp³-hybridized carbons (Fsp3) is 1.00. The van der Waals surface area contributed by atoms with E-state index in [9.17, 15) is 0 Å². The Morgan fingerprint density at radius 3 is 1.25 bits per heavy atom. The van der Waals surface area contributed by atoms with Crippen LogP contribution in [0.3, 0.4) is 0 Å². The van der Waals surface area contributed by atoms with Gasteiger partial charge in [0.2, 0.25) is 0 Å². The highest BCUT2D eigenvalue weighted by Gasteiger charge is 2.29. The number of halogens is 6. The van der Waals surface area contributed by atoms with Crippen LogP contribution in [0.25, 0.3) is 0 Å². The lowest BCUT2D eigenvalue weighted by molar-refractivity contribution is 0.546. The molecule has 0 bridgehead atoms. The predicted molar refractivity (Wildman–Crippen MR) is 133 cm³/mol. The molecule has 0 radical (unpaired) electrons. The summed E-state index contributed by atoms with van der Waals surface area (Å²) in [6.45, 7) is 4.34. The van der Waals surface area contributed by atoms with E-state index in [1.165, 1.54) is 0 Å². The lowest BCUT2D eigenvalue weighted by Gasteiger charge is -2.18. The van der Waals surface area contributed by atoms with Crippen LogP contribution in [0.2, 0.25) is 12.1 Å². The molecule has 0 aliphatic carbocycles. The maximum Gasteiger partial charge on any atom is 0.341 e. The molecule has 146 valence electrons. The summed E-state index contributed by atoms with van der Waals surface area (Å²) in [5.74, 6) is 3.27. The summed E-state index contributed by atoms with van der Waals surface area (Å²) >= 11 is 36.1. The normalized spacial score (nSPS) is 15.5. The quantitative estimate of drug-likeness (QED) is 0.0839. The first-order valence-corrected chi connectivity index (χ1v) is 23.4. The van der Waals surface area contributed by atoms with Crippen molar-refractivity contribution in [3.63, 3.8) is 0 Å². The Balaban J connectivity index is 3.63. The molecule has 0 saturated carbocycles. The number of hydrogen-bond acceptors (Lipinski definition) is 4. The molecule has 0 aromatic carbocycles. The second kappa shape index (κ2) is 15.4. The summed E-state index contributed by atoms with van der Waals surface area (Å²) in [6.07, 6.45) is 4.40. The Kier molecular flexibility index (Phi) is 17.7. The molecule has 2 unspecified atom stereocenters. The topological polar surface area (TPSA) is 0 Å². The van der Waals surface area contributed by atoms with Crippen molar-refractivity contribution in [3.8, 4) is 0 Å². The first-order valence-electron chi connectivity index (χ1n) is 7.78. The van der Waals surface area contributed by atoms with Crippen LogP contribution in [0, 0.1) is 11.8 Å². The Morgan fingerprint density at radius 2 is 1.00 bits per heavy atom. The highest BCUT2D eigenvalue weighted by atomic mass is 35.8. The summed E-state index contributed by atoms with van der Waals surface area (Å²) < 4.78 is 0. The van der Waals surface area contributed by atoms with Gasteiger partial charge in [-0.05, 0) is 56.4 Å². The van der Waals surface area contributed by atoms with Gasteiger partial charge in [0.15, 0.2) is 0 Å². The Bertz CT molecular complexity index is 287. The van der Waals surface area contributed by atoms with E-state index in [0.29, 0.717) is 11.8 Å². The molecule has 2 atom stereocenters. The van der Waals surface area contributed by atoms with Gasteiger partial charge < -0.3 is 0 Å². The van der Waals surface area contributed by atoms with Crippen LogP contribution in [0.5, 0.6) is 0 Å². The molecule has 0 amide bonds. The third-order valence-corrected chi connectivity index (χ3v) is 14.9. The zero-order chi connectivity index (χ0) is 18.6. The second-order valence-corrected chi connectivity index (χ2v) is 30.2. The smallest absolute Gasteiger partial charge is 0.126 e. The number of rotatable bonds is 15. The van der Waals surface area contributed by atoms with Crippen molar-refractivity contribution in [2.45, 2.75) is 51.6 Å². The zero-order valence-electron chi connectivity index (χ0n) is 13.7. The van der Waals surface area contributed by atoms with Crippen LogP contribution >= 0.6 is 108 Å². The van der Waals surface area contributed by atoms with Crippen molar-refractivity contribution in [2.75, 3.05) is 11.5 Å². The van der Waals surface area contributed by atoms with Gasteiger partial charge in [0.05, 0.1) is 0 Å². The molecule has 0 aromatic rings. The minimum atomic E-state index is -2.49. The fourth-order valence-electron chi connectivity index (χ4n) is 2.09. The van der Waals surface area contributed by atoms with E-state index < -0.39 is 12.0 Å². The summed E-state index contributed by atoms with van der Waals surface area (Å²) in [5.41, 5.74) is 0. The van der Waals surface area contributed by atoms with Gasteiger partial charge in [-0.1, -0.05) is 48.3 Å². The molecule has 0 fully saturated rings. The van der Waals surface area contributed by atoms with Crippen molar-refractivity contribution in [1.29, 1.82) is 0 Å². The van der Waals surface area contributed by atoms with Crippen LogP contribution in [-0.2, 0) is 0 Å². The van der Waals surface area contributed by atoms with Crippen LogP contribution in [-0.4, -0.2) is 23.5 Å². The molecule has 0 aliphatic heterocycles. The molecule has 0 saturated heterocycles. The Hall–Kier alpha value is 3.57. The largest absolute Gasteiger partial charge is 0.341 e. The first-order chi connectivity index (χ1) is 11.1. The first kappa shape index (κ1) is 27.6. The molecule has 12 heteroatoms. The summed E-state index contributed by atoms with van der Waals surface area (Å²) in [7, 11) is 7.44. The van der Waals surface area contributed by atoms with E-state index in [4.69, 9.17) is 66.5 Å². The van der Waals surface area contributed by atoms with Gasteiger partial charge >= 0.3 is 12.0 Å². The van der Waals surface area contributed by atoms with E-state index in [1.807, 2.05) is 41.2 Å². The van der Waals surface area contributed by atoms with Crippen molar-refractivity contribution < 1.29 is 0 Å². The molecule has 0 nitrogen and oxygen atoms in total. The zero-order valence-corrected chi connectivity index (χ0v) is 23.5. The van der Waals surface area contributed by atoms with Crippen molar-refractivity contribution in [2.24, 2.45) is 11.8 Å². The highest BCUT2D eigenvalue weighted by molar-refractivity contribution is 9.26. The molecular weight excluding hydrogens is 541 g/mol. The molecule has 24 heavy (non-hydrogen) atoms. The van der Waals surface area contributed by atoms with Gasteiger partial charge in [-0.25, -0.2) is 0 Å². The van der Waals surface area contributed by atoms with Crippen LogP contribution in [0.1, 0.15) is 39.5 Å². The fourth-order valence-corrected chi connectivity index (χ4v) is 14.7. The lowest BCUT2D eigenvalue weighted by atomic mass is 10.1. The highest BCUT2D eigenvalue weighted by Crippen LogP contribution is 2.45. The molecule has 0 aromatic heterocycles. The van der Waals surface area contributed by atoms with Crippen LogP contribution < -0.4 is 0 Å². The average molecular weight is 565 g/mol. The minimum Gasteiger partial charge on any atom is -0.126 e. The van der Waals surface area contributed by atoms with Gasteiger partial charge in [-0.2, -0.15) is 0 Å². The third kappa shape index (κ3) is 18.9. The van der Waals surface area contributed by atoms with E-state index in [0.717, 1.165) is 49.3 Å². The van der Waals surface area contributed by atoms with Gasteiger partial charge in [-0.3, -0.25) is 0 Å². The summed E-state index contributed by atoms with van der Waals surface area (Å²) in [5, 5.41) is 0. The van der Waals surface area contributed by atoms with Crippen LogP contribution in [0.4, 0.5) is 0 Å². The monoisotopic (exact) mass is 562 g/mol. The standard InChI is InChI=1S/C12H24Cl6S4Si2/c1-3-11(9-23(13,14)15)5-7-19-21-22-20-8-6-12(4-2)10-24(16,17)18/h11-12H,3-10H2,1-2H3. The summed E-state index contributed by atoms with van der Waals surface area (Å²) in [4.78, 5) is 0. The van der Waals surface area contributed by atoms with Crippen LogP contribution in [0.15, 0.2) is 0 Å². The van der Waals surface area contributed by atoms with Crippen molar-refractivity contribution >= 4 is 120 Å². The molecule has 0 N–H and O–H groups in total. The van der Waals surface area contributed by atoms with Gasteiger partial charge in [0, 0.05) is 11.5 Å². The molecular formula is C12H24Cl6S4Si2. The average Bonchev–Trinajstić information content (AvgIpc) is 2.44. The second-order valence-electron chi connectivity index (χ2n) is 5.54. The number of hydrogen-bond donors (Lipinski definition) is 0. The van der Waals surface area contributed by atoms with Gasteiger partial charge in [0.1, 0.15) is 0 Å². The lowest BCUT2D eigenvalue weighted by Crippen LogP contribution is -2.16. The van der Waals surface area contributed by atoms with Crippen molar-refractivity contribution in [1.82, 2.24) is 0 Å². The van der Waals surface area contributed by atoms with Crippen molar-refractivity contribution in [3.05, 3.63) is 0 Å². The minimum absolute atomic E-state index is 0.534. The van der Waals surface area contributed by atoms with Gasteiger partial charge in [-0.15, -0.1) is 66.5 Å². The van der Waals surface area contributed by atoms with E-state index in [2.05, 4.69) is 13.8 Å². The van der Waals surface area contributed by atoms with Gasteiger partial charge in [0.25, 0.3) is 0 Å². The molecule has 0 aliphatic rings. The summed E-state index contributed by atoms with van der Waals surface area (Å²) in [6, 6.07) is -3.45. The van der Waals surface area contributed by atoms with E-state index in [-0.39, 0.29) is 0 Å². The SMILES string of the molecule is CCC(CCSSSSCCC(CC)C[Si](Cl)(Cl)Cl)C[Si](Cl)(Cl)Cl. The molecule has 0 heterocycles. The van der Waals surface area contributed by atoms with E-state index >= 15 is 0 Å². The predicted octanol–water partition coefficient (Wildman–Crippen LogP) is 9.81. The Morgan fingerprint density at radius 1 is 0.667 bits per heavy atom.